The predicted molar refractivity (Wildman–Crippen MR) is 73.2 cm³/mol. The maximum atomic E-state index is 13.6. The van der Waals surface area contributed by atoms with Gasteiger partial charge in [0, 0.05) is 11.3 Å². The zero-order valence-electron chi connectivity index (χ0n) is 10.4. The van der Waals surface area contributed by atoms with E-state index in [1.54, 1.807) is 12.1 Å². The lowest BCUT2D eigenvalue weighted by atomic mass is 10.1. The molecule has 1 aromatic carbocycles. The first kappa shape index (κ1) is 12.3. The van der Waals surface area contributed by atoms with Crippen molar-refractivity contribution in [2.75, 3.05) is 5.32 Å². The van der Waals surface area contributed by atoms with Crippen LogP contribution in [0.3, 0.4) is 0 Å². The van der Waals surface area contributed by atoms with Gasteiger partial charge in [-0.15, -0.1) is 11.3 Å². The van der Waals surface area contributed by atoms with Gasteiger partial charge in [-0.2, -0.15) is 0 Å². The van der Waals surface area contributed by atoms with Crippen LogP contribution in [0.1, 0.15) is 40.4 Å². The summed E-state index contributed by atoms with van der Waals surface area (Å²) in [5.41, 5.74) is 1.94. The van der Waals surface area contributed by atoms with Crippen LogP contribution in [0, 0.1) is 12.7 Å². The average molecular weight is 276 g/mol. The molecule has 3 nitrogen and oxygen atoms in total. The summed E-state index contributed by atoms with van der Waals surface area (Å²) in [7, 11) is 0. The van der Waals surface area contributed by atoms with E-state index in [1.165, 1.54) is 30.2 Å². The summed E-state index contributed by atoms with van der Waals surface area (Å²) in [5.74, 6) is -0.405. The minimum Gasteiger partial charge on any atom is -0.298 e. The van der Waals surface area contributed by atoms with E-state index in [2.05, 4.69) is 10.3 Å². The number of nitrogens with one attached hydrogen (secondary N) is 1. The molecule has 0 spiro atoms. The van der Waals surface area contributed by atoms with Crippen LogP contribution in [0.4, 0.5) is 9.52 Å². The number of benzene rings is 1. The quantitative estimate of drug-likeness (QED) is 0.928. The third kappa shape index (κ3) is 2.66. The molecule has 1 amide bonds. The molecule has 1 aromatic heterocycles. The van der Waals surface area contributed by atoms with Crippen LogP contribution in [0.15, 0.2) is 23.6 Å². The van der Waals surface area contributed by atoms with Gasteiger partial charge in [-0.25, -0.2) is 9.37 Å². The van der Waals surface area contributed by atoms with Gasteiger partial charge < -0.3 is 0 Å². The summed E-state index contributed by atoms with van der Waals surface area (Å²) in [6.07, 6.45) is 2.34. The molecule has 1 aliphatic rings. The van der Waals surface area contributed by atoms with Crippen LogP contribution in [0.2, 0.25) is 0 Å². The van der Waals surface area contributed by atoms with Crippen LogP contribution in [-0.2, 0) is 0 Å². The second kappa shape index (κ2) is 4.74. The molecule has 19 heavy (non-hydrogen) atoms. The minimum atomic E-state index is -0.512. The van der Waals surface area contributed by atoms with Gasteiger partial charge in [0.25, 0.3) is 5.91 Å². The van der Waals surface area contributed by atoms with Gasteiger partial charge in [-0.1, -0.05) is 11.6 Å². The number of carbonyl (C=O) groups is 1. The Morgan fingerprint density at radius 1 is 1.47 bits per heavy atom. The Balaban J connectivity index is 1.77. The van der Waals surface area contributed by atoms with Gasteiger partial charge >= 0.3 is 0 Å². The predicted octanol–water partition coefficient (Wildman–Crippen LogP) is 3.72. The number of halogens is 1. The standard InChI is InChI=1S/C14H13FN2OS/c1-8-2-5-11(15)10(6-8)13(18)17-14-16-12(7-19-14)9-3-4-9/h2,5-7,9H,3-4H2,1H3,(H,16,17,18). The third-order valence-corrected chi connectivity index (χ3v) is 3.88. The van der Waals surface area contributed by atoms with E-state index >= 15 is 0 Å². The van der Waals surface area contributed by atoms with E-state index in [0.717, 1.165) is 11.3 Å². The summed E-state index contributed by atoms with van der Waals surface area (Å²) in [6, 6.07) is 4.49. The second-order valence-corrected chi connectivity index (χ2v) is 5.65. The Bertz CT molecular complexity index is 634. The van der Waals surface area contributed by atoms with Gasteiger partial charge in [0.05, 0.1) is 11.3 Å². The molecule has 0 saturated heterocycles. The summed E-state index contributed by atoms with van der Waals surface area (Å²) < 4.78 is 13.6. The van der Waals surface area contributed by atoms with Crippen molar-refractivity contribution < 1.29 is 9.18 Å². The van der Waals surface area contributed by atoms with Crippen molar-refractivity contribution >= 4 is 22.4 Å². The highest BCUT2D eigenvalue weighted by molar-refractivity contribution is 7.14. The highest BCUT2D eigenvalue weighted by Gasteiger charge is 2.26. The van der Waals surface area contributed by atoms with Crippen molar-refractivity contribution in [3.05, 3.63) is 46.2 Å². The van der Waals surface area contributed by atoms with E-state index in [0.29, 0.717) is 11.0 Å². The third-order valence-electron chi connectivity index (χ3n) is 3.10. The lowest BCUT2D eigenvalue weighted by molar-refractivity contribution is 0.102. The van der Waals surface area contributed by atoms with Crippen LogP contribution in [-0.4, -0.2) is 10.9 Å². The lowest BCUT2D eigenvalue weighted by Crippen LogP contribution is -2.13. The van der Waals surface area contributed by atoms with Crippen molar-refractivity contribution in [3.8, 4) is 0 Å². The number of thiazole rings is 1. The Kier molecular flexibility index (Phi) is 3.06. The smallest absolute Gasteiger partial charge is 0.260 e. The number of rotatable bonds is 3. The minimum absolute atomic E-state index is 0.0585. The zero-order chi connectivity index (χ0) is 13.4. The molecule has 0 bridgehead atoms. The molecule has 0 atom stereocenters. The van der Waals surface area contributed by atoms with Crippen molar-refractivity contribution in [1.29, 1.82) is 0 Å². The first-order valence-electron chi connectivity index (χ1n) is 6.16. The molecular weight excluding hydrogens is 263 g/mol. The maximum Gasteiger partial charge on any atom is 0.260 e. The largest absolute Gasteiger partial charge is 0.298 e. The van der Waals surface area contributed by atoms with Gasteiger partial charge in [0.15, 0.2) is 5.13 Å². The number of aryl methyl sites for hydroxylation is 1. The fourth-order valence-electron chi connectivity index (χ4n) is 1.89. The summed E-state index contributed by atoms with van der Waals surface area (Å²) in [4.78, 5) is 16.4. The molecule has 0 aliphatic heterocycles. The van der Waals surface area contributed by atoms with Crippen molar-refractivity contribution in [1.82, 2.24) is 4.98 Å². The molecule has 1 saturated carbocycles. The molecule has 3 rings (SSSR count). The van der Waals surface area contributed by atoms with Gasteiger partial charge in [-0.05, 0) is 31.9 Å². The molecule has 1 N–H and O–H groups in total. The normalized spacial score (nSPS) is 14.4. The first-order valence-corrected chi connectivity index (χ1v) is 7.04. The Labute approximate surface area is 114 Å². The summed E-state index contributed by atoms with van der Waals surface area (Å²) in [6.45, 7) is 1.82. The highest BCUT2D eigenvalue weighted by Crippen LogP contribution is 2.40. The Morgan fingerprint density at radius 2 is 2.26 bits per heavy atom. The SMILES string of the molecule is Cc1ccc(F)c(C(=O)Nc2nc(C3CC3)cs2)c1. The topological polar surface area (TPSA) is 42.0 Å². The number of hydrogen-bond donors (Lipinski definition) is 1. The van der Waals surface area contributed by atoms with Gasteiger partial charge in [0.2, 0.25) is 0 Å². The zero-order valence-corrected chi connectivity index (χ0v) is 11.3. The highest BCUT2D eigenvalue weighted by atomic mass is 32.1. The number of amides is 1. The van der Waals surface area contributed by atoms with Crippen LogP contribution in [0.25, 0.3) is 0 Å². The van der Waals surface area contributed by atoms with Gasteiger partial charge in [-0.3, -0.25) is 10.1 Å². The van der Waals surface area contributed by atoms with Crippen LogP contribution >= 0.6 is 11.3 Å². The van der Waals surface area contributed by atoms with E-state index < -0.39 is 11.7 Å². The molecule has 2 aromatic rings. The van der Waals surface area contributed by atoms with Crippen LogP contribution < -0.4 is 5.32 Å². The average Bonchev–Trinajstić information content (AvgIpc) is 3.13. The van der Waals surface area contributed by atoms with E-state index in [1.807, 2.05) is 12.3 Å². The first-order chi connectivity index (χ1) is 9.13. The summed E-state index contributed by atoms with van der Waals surface area (Å²) in [5, 5.41) is 5.15. The monoisotopic (exact) mass is 276 g/mol. The maximum absolute atomic E-state index is 13.6. The second-order valence-electron chi connectivity index (χ2n) is 4.79. The molecule has 1 aliphatic carbocycles. The number of hydrogen-bond acceptors (Lipinski definition) is 3. The summed E-state index contributed by atoms with van der Waals surface area (Å²) >= 11 is 1.39. The Morgan fingerprint density at radius 3 is 3.00 bits per heavy atom. The van der Waals surface area contributed by atoms with E-state index in [9.17, 15) is 9.18 Å². The van der Waals surface area contributed by atoms with Crippen LogP contribution in [0.5, 0.6) is 0 Å². The molecule has 0 unspecified atom stereocenters. The number of aromatic nitrogens is 1. The number of anilines is 1. The number of nitrogens with zero attached hydrogens (tertiary/aromatic N) is 1. The molecule has 1 fully saturated rings. The van der Waals surface area contributed by atoms with Crippen molar-refractivity contribution in [2.45, 2.75) is 25.7 Å². The molecule has 1 heterocycles. The number of carbonyl (C=O) groups excluding carboxylic acids is 1. The molecule has 98 valence electrons. The van der Waals surface area contributed by atoms with Crippen molar-refractivity contribution in [2.24, 2.45) is 0 Å². The van der Waals surface area contributed by atoms with Crippen molar-refractivity contribution in [3.63, 3.8) is 0 Å². The molecule has 5 heteroatoms. The van der Waals surface area contributed by atoms with Gasteiger partial charge in [0.1, 0.15) is 5.82 Å². The molecule has 0 radical (unpaired) electrons. The fraction of sp³-hybridized carbons (Fsp3) is 0.286. The fourth-order valence-corrected chi connectivity index (χ4v) is 2.68. The van der Waals surface area contributed by atoms with E-state index in [-0.39, 0.29) is 5.56 Å². The molecular formula is C14H13FN2OS. The van der Waals surface area contributed by atoms with E-state index in [4.69, 9.17) is 0 Å². The lowest BCUT2D eigenvalue weighted by Gasteiger charge is -2.04. The Hall–Kier alpha value is -1.75.